The van der Waals surface area contributed by atoms with E-state index in [1.165, 1.54) is 5.56 Å². The molecular formula is C13H24N2OS. The van der Waals surface area contributed by atoms with Gasteiger partial charge in [0.2, 0.25) is 0 Å². The fourth-order valence-electron chi connectivity index (χ4n) is 2.01. The van der Waals surface area contributed by atoms with E-state index in [2.05, 4.69) is 35.6 Å². The van der Waals surface area contributed by atoms with Gasteiger partial charge >= 0.3 is 0 Å². The molecule has 0 aliphatic carbocycles. The highest BCUT2D eigenvalue weighted by molar-refractivity contribution is 7.07. The van der Waals surface area contributed by atoms with Crippen LogP contribution in [0, 0.1) is 5.92 Å². The Morgan fingerprint density at radius 1 is 1.47 bits per heavy atom. The Labute approximate surface area is 109 Å². The van der Waals surface area contributed by atoms with E-state index in [1.54, 1.807) is 18.4 Å². The highest BCUT2D eigenvalue weighted by Crippen LogP contribution is 2.22. The molecule has 0 saturated heterocycles. The second-order valence-electron chi connectivity index (χ2n) is 4.69. The van der Waals surface area contributed by atoms with Crippen molar-refractivity contribution in [1.82, 2.24) is 4.90 Å². The summed E-state index contributed by atoms with van der Waals surface area (Å²) in [5.74, 6) is 0.638. The summed E-state index contributed by atoms with van der Waals surface area (Å²) in [6, 6.07) is 2.49. The number of methoxy groups -OCH3 is 1. The molecule has 1 rings (SSSR count). The lowest BCUT2D eigenvalue weighted by atomic mass is 10.1. The molecule has 98 valence electrons. The normalized spacial score (nSPS) is 13.5. The van der Waals surface area contributed by atoms with Gasteiger partial charge in [-0.25, -0.2) is 0 Å². The highest BCUT2D eigenvalue weighted by atomic mass is 32.1. The van der Waals surface area contributed by atoms with E-state index in [0.717, 1.165) is 19.7 Å². The van der Waals surface area contributed by atoms with Crippen molar-refractivity contribution >= 4 is 11.3 Å². The standard InChI is InChI=1S/C13H24N2OS/c1-11(2)9-15(5-6-16-3)13(8-14)12-4-7-17-10-12/h4,7,10-11,13H,5-6,8-9,14H2,1-3H3. The van der Waals surface area contributed by atoms with Crippen LogP contribution in [-0.2, 0) is 4.74 Å². The van der Waals surface area contributed by atoms with Gasteiger partial charge in [0, 0.05) is 32.8 Å². The molecule has 17 heavy (non-hydrogen) atoms. The number of hydrogen-bond acceptors (Lipinski definition) is 4. The van der Waals surface area contributed by atoms with Gasteiger partial charge in [0.05, 0.1) is 6.61 Å². The van der Waals surface area contributed by atoms with Gasteiger partial charge in [0.25, 0.3) is 0 Å². The van der Waals surface area contributed by atoms with Crippen LogP contribution in [0.4, 0.5) is 0 Å². The summed E-state index contributed by atoms with van der Waals surface area (Å²) in [5, 5.41) is 4.31. The molecule has 4 heteroatoms. The number of hydrogen-bond donors (Lipinski definition) is 1. The molecule has 0 aliphatic heterocycles. The summed E-state index contributed by atoms with van der Waals surface area (Å²) in [5.41, 5.74) is 7.26. The fourth-order valence-corrected chi connectivity index (χ4v) is 2.72. The summed E-state index contributed by atoms with van der Waals surface area (Å²) < 4.78 is 5.19. The molecule has 0 fully saturated rings. The van der Waals surface area contributed by atoms with Crippen LogP contribution >= 0.6 is 11.3 Å². The third-order valence-electron chi connectivity index (χ3n) is 2.77. The van der Waals surface area contributed by atoms with E-state index in [0.29, 0.717) is 18.5 Å². The van der Waals surface area contributed by atoms with Crippen LogP contribution in [0.15, 0.2) is 16.8 Å². The van der Waals surface area contributed by atoms with Crippen molar-refractivity contribution in [3.8, 4) is 0 Å². The molecule has 1 atom stereocenters. The van der Waals surface area contributed by atoms with E-state index in [-0.39, 0.29) is 0 Å². The first-order valence-electron chi connectivity index (χ1n) is 6.14. The van der Waals surface area contributed by atoms with Crippen molar-refractivity contribution in [2.45, 2.75) is 19.9 Å². The number of ether oxygens (including phenoxy) is 1. The number of nitrogens with two attached hydrogens (primary N) is 1. The average Bonchev–Trinajstić information content (AvgIpc) is 2.79. The first kappa shape index (κ1) is 14.6. The molecule has 1 aromatic rings. The van der Waals surface area contributed by atoms with Crippen LogP contribution in [0.5, 0.6) is 0 Å². The van der Waals surface area contributed by atoms with Crippen molar-refractivity contribution in [2.75, 3.05) is 33.4 Å². The Morgan fingerprint density at radius 2 is 2.24 bits per heavy atom. The zero-order valence-corrected chi connectivity index (χ0v) is 11.9. The zero-order valence-electron chi connectivity index (χ0n) is 11.1. The summed E-state index contributed by atoms with van der Waals surface area (Å²) in [6.07, 6.45) is 0. The van der Waals surface area contributed by atoms with Gasteiger partial charge in [-0.1, -0.05) is 13.8 Å². The topological polar surface area (TPSA) is 38.5 Å². The van der Waals surface area contributed by atoms with Crippen molar-refractivity contribution in [3.63, 3.8) is 0 Å². The van der Waals surface area contributed by atoms with Crippen molar-refractivity contribution < 1.29 is 4.74 Å². The van der Waals surface area contributed by atoms with E-state index in [9.17, 15) is 0 Å². The van der Waals surface area contributed by atoms with Gasteiger partial charge in [0.1, 0.15) is 0 Å². The van der Waals surface area contributed by atoms with Crippen LogP contribution in [0.3, 0.4) is 0 Å². The second-order valence-corrected chi connectivity index (χ2v) is 5.47. The summed E-state index contributed by atoms with van der Waals surface area (Å²) in [7, 11) is 1.75. The molecule has 0 radical (unpaired) electrons. The van der Waals surface area contributed by atoms with Gasteiger partial charge in [-0.15, -0.1) is 0 Å². The molecule has 0 aliphatic rings. The summed E-state index contributed by atoms with van der Waals surface area (Å²) in [6.45, 7) is 7.88. The molecular weight excluding hydrogens is 232 g/mol. The second kappa shape index (κ2) is 7.82. The van der Waals surface area contributed by atoms with E-state index in [1.807, 2.05) is 0 Å². The minimum Gasteiger partial charge on any atom is -0.383 e. The van der Waals surface area contributed by atoms with E-state index < -0.39 is 0 Å². The van der Waals surface area contributed by atoms with Gasteiger partial charge in [-0.2, -0.15) is 11.3 Å². The lowest BCUT2D eigenvalue weighted by Crippen LogP contribution is -2.38. The predicted octanol–water partition coefficient (Wildman–Crippen LogP) is 2.35. The summed E-state index contributed by atoms with van der Waals surface area (Å²) >= 11 is 1.73. The quantitative estimate of drug-likeness (QED) is 0.776. The average molecular weight is 256 g/mol. The third-order valence-corrected chi connectivity index (χ3v) is 3.48. The number of nitrogens with zero attached hydrogens (tertiary/aromatic N) is 1. The smallest absolute Gasteiger partial charge is 0.0589 e. The molecule has 1 aromatic heterocycles. The molecule has 3 nitrogen and oxygen atoms in total. The SMILES string of the molecule is COCCN(CC(C)C)C(CN)c1ccsc1. The molecule has 0 bridgehead atoms. The minimum atomic E-state index is 0.318. The van der Waals surface area contributed by atoms with Gasteiger partial charge in [0.15, 0.2) is 0 Å². The lowest BCUT2D eigenvalue weighted by Gasteiger charge is -2.31. The maximum absolute atomic E-state index is 5.93. The number of rotatable bonds is 8. The van der Waals surface area contributed by atoms with Crippen LogP contribution in [0.1, 0.15) is 25.5 Å². The Morgan fingerprint density at radius 3 is 2.71 bits per heavy atom. The van der Waals surface area contributed by atoms with E-state index >= 15 is 0 Å². The molecule has 0 saturated carbocycles. The maximum atomic E-state index is 5.93. The molecule has 0 amide bonds. The molecule has 2 N–H and O–H groups in total. The van der Waals surface area contributed by atoms with Gasteiger partial charge < -0.3 is 10.5 Å². The predicted molar refractivity (Wildman–Crippen MR) is 74.4 cm³/mol. The Hall–Kier alpha value is -0.420. The Balaban J connectivity index is 2.70. The maximum Gasteiger partial charge on any atom is 0.0589 e. The lowest BCUT2D eigenvalue weighted by molar-refractivity contribution is 0.112. The van der Waals surface area contributed by atoms with Gasteiger partial charge in [-0.3, -0.25) is 4.90 Å². The highest BCUT2D eigenvalue weighted by Gasteiger charge is 2.19. The number of thiophene rings is 1. The molecule has 0 spiro atoms. The van der Waals surface area contributed by atoms with Crippen molar-refractivity contribution in [2.24, 2.45) is 11.7 Å². The minimum absolute atomic E-state index is 0.318. The largest absolute Gasteiger partial charge is 0.383 e. The molecule has 1 heterocycles. The monoisotopic (exact) mass is 256 g/mol. The van der Waals surface area contributed by atoms with E-state index in [4.69, 9.17) is 10.5 Å². The van der Waals surface area contributed by atoms with Crippen molar-refractivity contribution in [3.05, 3.63) is 22.4 Å². The molecule has 1 unspecified atom stereocenters. The first-order valence-corrected chi connectivity index (χ1v) is 7.08. The summed E-state index contributed by atoms with van der Waals surface area (Å²) in [4.78, 5) is 2.43. The van der Waals surface area contributed by atoms with Crippen LogP contribution < -0.4 is 5.73 Å². The van der Waals surface area contributed by atoms with Crippen LogP contribution in [-0.4, -0.2) is 38.3 Å². The first-order chi connectivity index (χ1) is 8.19. The fraction of sp³-hybridized carbons (Fsp3) is 0.692. The van der Waals surface area contributed by atoms with Crippen molar-refractivity contribution in [1.29, 1.82) is 0 Å². The zero-order chi connectivity index (χ0) is 12.7. The molecule has 0 aromatic carbocycles. The Bertz CT molecular complexity index is 288. The Kier molecular flexibility index (Phi) is 6.73. The van der Waals surface area contributed by atoms with Crippen LogP contribution in [0.25, 0.3) is 0 Å². The van der Waals surface area contributed by atoms with Gasteiger partial charge in [-0.05, 0) is 28.3 Å². The third kappa shape index (κ3) is 4.76. The van der Waals surface area contributed by atoms with Crippen LogP contribution in [0.2, 0.25) is 0 Å².